The normalized spacial score (nSPS) is 11.8. The van der Waals surface area contributed by atoms with Crippen molar-refractivity contribution in [2.75, 3.05) is 0 Å². The van der Waals surface area contributed by atoms with Gasteiger partial charge < -0.3 is 9.84 Å². The van der Waals surface area contributed by atoms with Gasteiger partial charge in [-0.2, -0.15) is 0 Å². The highest BCUT2D eigenvalue weighted by atomic mass is 16.6. The van der Waals surface area contributed by atoms with Gasteiger partial charge in [-0.3, -0.25) is 0 Å². The first-order valence-electron chi connectivity index (χ1n) is 5.14. The van der Waals surface area contributed by atoms with Crippen LogP contribution in [-0.2, 0) is 9.53 Å². The zero-order valence-electron chi connectivity index (χ0n) is 9.05. The minimum atomic E-state index is -1.11. The number of carboxylic acid groups (broad SMARTS) is 1. The fourth-order valence-electron chi connectivity index (χ4n) is 1.27. The summed E-state index contributed by atoms with van der Waals surface area (Å²) >= 11 is 0. The van der Waals surface area contributed by atoms with E-state index >= 15 is 0 Å². The third-order valence-corrected chi connectivity index (χ3v) is 2.09. The van der Waals surface area contributed by atoms with Crippen molar-refractivity contribution in [3.8, 4) is 0 Å². The van der Waals surface area contributed by atoms with Crippen LogP contribution in [0.2, 0.25) is 0 Å². The van der Waals surface area contributed by atoms with Gasteiger partial charge in [0.2, 0.25) is 0 Å². The van der Waals surface area contributed by atoms with Gasteiger partial charge in [-0.15, -0.1) is 0 Å². The summed E-state index contributed by atoms with van der Waals surface area (Å²) in [6.07, 6.45) is -0.0786. The number of carbonyl (C=O) groups excluding carboxylic acids is 1. The van der Waals surface area contributed by atoms with Gasteiger partial charge in [-0.1, -0.05) is 31.5 Å². The number of rotatable bonds is 5. The topological polar surface area (TPSA) is 63.6 Å². The van der Waals surface area contributed by atoms with E-state index in [0.717, 1.165) is 0 Å². The molecule has 1 aromatic carbocycles. The third-order valence-electron chi connectivity index (χ3n) is 2.09. The molecule has 0 radical (unpaired) electrons. The maximum Gasteiger partial charge on any atom is 0.345 e. The maximum atomic E-state index is 11.5. The van der Waals surface area contributed by atoms with E-state index in [1.807, 2.05) is 6.92 Å². The highest BCUT2D eigenvalue weighted by Crippen LogP contribution is 2.08. The molecule has 4 nitrogen and oxygen atoms in total. The molecule has 0 aliphatic rings. The number of benzene rings is 1. The molecule has 1 aromatic rings. The minimum Gasteiger partial charge on any atom is -0.479 e. The van der Waals surface area contributed by atoms with Crippen molar-refractivity contribution in [3.05, 3.63) is 35.9 Å². The van der Waals surface area contributed by atoms with Crippen LogP contribution in [-0.4, -0.2) is 23.1 Å². The number of ether oxygens (including phenoxy) is 1. The molecule has 0 heterocycles. The first-order valence-corrected chi connectivity index (χ1v) is 5.14. The van der Waals surface area contributed by atoms with Gasteiger partial charge in [0.15, 0.2) is 6.10 Å². The number of hydrogen-bond acceptors (Lipinski definition) is 3. The van der Waals surface area contributed by atoms with E-state index < -0.39 is 18.0 Å². The number of hydrogen-bond donors (Lipinski definition) is 1. The molecule has 1 rings (SSSR count). The fourth-order valence-corrected chi connectivity index (χ4v) is 1.27. The van der Waals surface area contributed by atoms with Crippen LogP contribution in [0.25, 0.3) is 0 Å². The zero-order valence-corrected chi connectivity index (χ0v) is 9.05. The summed E-state index contributed by atoms with van der Waals surface area (Å²) in [5.74, 6) is -1.70. The molecular formula is C12H14O4. The van der Waals surface area contributed by atoms with E-state index in [2.05, 4.69) is 0 Å². The number of carbonyl (C=O) groups is 2. The highest BCUT2D eigenvalue weighted by molar-refractivity contribution is 5.91. The molecule has 0 spiro atoms. The lowest BCUT2D eigenvalue weighted by Gasteiger charge is -2.12. The lowest BCUT2D eigenvalue weighted by atomic mass is 10.2. The van der Waals surface area contributed by atoms with Crippen LogP contribution in [0, 0.1) is 0 Å². The van der Waals surface area contributed by atoms with Gasteiger partial charge in [0, 0.05) is 0 Å². The SMILES string of the molecule is CCCC(OC(=O)c1ccccc1)C(=O)O. The van der Waals surface area contributed by atoms with Gasteiger partial charge in [0.25, 0.3) is 0 Å². The summed E-state index contributed by atoms with van der Waals surface area (Å²) in [5, 5.41) is 8.82. The van der Waals surface area contributed by atoms with Crippen LogP contribution < -0.4 is 0 Å². The molecule has 0 bridgehead atoms. The Morgan fingerprint density at radius 1 is 1.31 bits per heavy atom. The molecule has 1 unspecified atom stereocenters. The molecule has 1 N–H and O–H groups in total. The summed E-state index contributed by atoms with van der Waals surface area (Å²) in [4.78, 5) is 22.3. The molecule has 16 heavy (non-hydrogen) atoms. The Labute approximate surface area is 93.9 Å². The smallest absolute Gasteiger partial charge is 0.345 e. The Hall–Kier alpha value is -1.84. The summed E-state index contributed by atoms with van der Waals surface area (Å²) in [6, 6.07) is 8.36. The molecular weight excluding hydrogens is 208 g/mol. The van der Waals surface area contributed by atoms with E-state index in [4.69, 9.17) is 9.84 Å². The molecule has 0 fully saturated rings. The molecule has 0 aliphatic carbocycles. The lowest BCUT2D eigenvalue weighted by Crippen LogP contribution is -2.26. The Kier molecular flexibility index (Phi) is 4.51. The van der Waals surface area contributed by atoms with Crippen LogP contribution in [0.4, 0.5) is 0 Å². The average Bonchev–Trinajstić information content (AvgIpc) is 2.29. The van der Waals surface area contributed by atoms with Gasteiger partial charge in [0.1, 0.15) is 0 Å². The second-order valence-electron chi connectivity index (χ2n) is 3.39. The number of aliphatic carboxylic acids is 1. The van der Waals surface area contributed by atoms with Crippen molar-refractivity contribution in [2.24, 2.45) is 0 Å². The second-order valence-corrected chi connectivity index (χ2v) is 3.39. The van der Waals surface area contributed by atoms with Crippen LogP contribution in [0.1, 0.15) is 30.1 Å². The first-order chi connectivity index (χ1) is 7.65. The van der Waals surface area contributed by atoms with Crippen LogP contribution in [0.15, 0.2) is 30.3 Å². The summed E-state index contributed by atoms with van der Waals surface area (Å²) in [5.41, 5.74) is 0.366. The van der Waals surface area contributed by atoms with E-state index in [1.165, 1.54) is 0 Å². The Morgan fingerprint density at radius 3 is 2.44 bits per heavy atom. The van der Waals surface area contributed by atoms with Crippen LogP contribution in [0.5, 0.6) is 0 Å². The minimum absolute atomic E-state index is 0.327. The monoisotopic (exact) mass is 222 g/mol. The van der Waals surface area contributed by atoms with E-state index in [-0.39, 0.29) is 0 Å². The quantitative estimate of drug-likeness (QED) is 0.775. The van der Waals surface area contributed by atoms with Crippen molar-refractivity contribution >= 4 is 11.9 Å². The van der Waals surface area contributed by atoms with Crippen LogP contribution >= 0.6 is 0 Å². The Bertz CT molecular complexity index is 359. The van der Waals surface area contributed by atoms with Crippen molar-refractivity contribution < 1.29 is 19.4 Å². The van der Waals surface area contributed by atoms with E-state index in [9.17, 15) is 9.59 Å². The third kappa shape index (κ3) is 3.38. The Morgan fingerprint density at radius 2 is 1.94 bits per heavy atom. The summed E-state index contributed by atoms with van der Waals surface area (Å²) in [6.45, 7) is 1.84. The standard InChI is InChI=1S/C12H14O4/c1-2-6-10(11(13)14)16-12(15)9-7-4-3-5-8-9/h3-5,7-8,10H,2,6H2,1H3,(H,13,14). The van der Waals surface area contributed by atoms with Crippen molar-refractivity contribution in [2.45, 2.75) is 25.9 Å². The molecule has 86 valence electrons. The maximum absolute atomic E-state index is 11.5. The van der Waals surface area contributed by atoms with Gasteiger partial charge in [0.05, 0.1) is 5.56 Å². The van der Waals surface area contributed by atoms with Crippen LogP contribution in [0.3, 0.4) is 0 Å². The van der Waals surface area contributed by atoms with Crippen molar-refractivity contribution in [1.29, 1.82) is 0 Å². The molecule has 0 saturated carbocycles. The molecule has 0 saturated heterocycles. The first kappa shape index (κ1) is 12.2. The summed E-state index contributed by atoms with van der Waals surface area (Å²) in [7, 11) is 0. The number of carboxylic acids is 1. The molecule has 0 aliphatic heterocycles. The molecule has 0 aromatic heterocycles. The van der Waals surface area contributed by atoms with Gasteiger partial charge in [-0.05, 0) is 18.6 Å². The predicted octanol–water partition coefficient (Wildman–Crippen LogP) is 2.10. The Balaban J connectivity index is 2.65. The zero-order chi connectivity index (χ0) is 12.0. The van der Waals surface area contributed by atoms with Crippen molar-refractivity contribution in [3.63, 3.8) is 0 Å². The summed E-state index contributed by atoms with van der Waals surface area (Å²) < 4.78 is 4.90. The number of esters is 1. The van der Waals surface area contributed by atoms with Gasteiger partial charge in [-0.25, -0.2) is 9.59 Å². The average molecular weight is 222 g/mol. The predicted molar refractivity (Wildman–Crippen MR) is 58.2 cm³/mol. The molecule has 0 amide bonds. The largest absolute Gasteiger partial charge is 0.479 e. The van der Waals surface area contributed by atoms with Crippen molar-refractivity contribution in [1.82, 2.24) is 0 Å². The molecule has 1 atom stereocenters. The van der Waals surface area contributed by atoms with E-state index in [0.29, 0.717) is 18.4 Å². The second kappa shape index (κ2) is 5.90. The van der Waals surface area contributed by atoms with Gasteiger partial charge >= 0.3 is 11.9 Å². The fraction of sp³-hybridized carbons (Fsp3) is 0.333. The molecule has 4 heteroatoms. The lowest BCUT2D eigenvalue weighted by molar-refractivity contribution is -0.147. The highest BCUT2D eigenvalue weighted by Gasteiger charge is 2.21. The van der Waals surface area contributed by atoms with E-state index in [1.54, 1.807) is 30.3 Å².